The number of fused-ring (bicyclic) bond motifs is 1. The zero-order valence-electron chi connectivity index (χ0n) is 17.3. The summed E-state index contributed by atoms with van der Waals surface area (Å²) < 4.78 is 5.28. The Morgan fingerprint density at radius 1 is 0.900 bits per heavy atom. The van der Waals surface area contributed by atoms with E-state index in [0.717, 1.165) is 44.6 Å². The second-order valence-electron chi connectivity index (χ2n) is 7.45. The van der Waals surface area contributed by atoms with Gasteiger partial charge in [-0.15, -0.1) is 0 Å². The third-order valence-electron chi connectivity index (χ3n) is 5.35. The van der Waals surface area contributed by atoms with Crippen molar-refractivity contribution in [1.29, 1.82) is 0 Å². The van der Waals surface area contributed by atoms with E-state index in [4.69, 9.17) is 4.74 Å². The van der Waals surface area contributed by atoms with Crippen LogP contribution in [0, 0.1) is 6.92 Å². The first-order valence-electron chi connectivity index (χ1n) is 9.95. The lowest BCUT2D eigenvalue weighted by atomic mass is 9.97. The van der Waals surface area contributed by atoms with Crippen LogP contribution in [0.1, 0.15) is 24.1 Å². The van der Waals surface area contributed by atoms with Gasteiger partial charge in [-0.25, -0.2) is 0 Å². The lowest BCUT2D eigenvalue weighted by Gasteiger charge is -2.14. The number of carbonyl (C=O) groups is 1. The van der Waals surface area contributed by atoms with Gasteiger partial charge >= 0.3 is 0 Å². The summed E-state index contributed by atoms with van der Waals surface area (Å²) in [4.78, 5) is 17.0. The average Bonchev–Trinajstić information content (AvgIpc) is 2.78. The Hall–Kier alpha value is -3.66. The maximum absolute atomic E-state index is 12.8. The SMILES string of the molecule is COc1ccc2cc([C@@H](C)C(=O)Nc3ccc(-c4ccnc(C)c4)cc3)ccc2c1. The molecule has 0 saturated carbocycles. The fraction of sp³-hybridized carbons (Fsp3) is 0.154. The Morgan fingerprint density at radius 2 is 1.63 bits per heavy atom. The highest BCUT2D eigenvalue weighted by molar-refractivity contribution is 5.96. The Kier molecular flexibility index (Phi) is 5.48. The molecule has 0 aliphatic carbocycles. The van der Waals surface area contributed by atoms with Crippen LogP contribution in [0.4, 0.5) is 5.69 Å². The number of methoxy groups -OCH3 is 1. The van der Waals surface area contributed by atoms with E-state index in [9.17, 15) is 4.79 Å². The highest BCUT2D eigenvalue weighted by Gasteiger charge is 2.16. The van der Waals surface area contributed by atoms with E-state index in [2.05, 4.69) is 16.4 Å². The van der Waals surface area contributed by atoms with Gasteiger partial charge in [0.25, 0.3) is 0 Å². The molecule has 150 valence electrons. The first-order valence-corrected chi connectivity index (χ1v) is 9.95. The summed E-state index contributed by atoms with van der Waals surface area (Å²) in [6.45, 7) is 3.90. The fourth-order valence-corrected chi connectivity index (χ4v) is 3.51. The number of amides is 1. The second-order valence-corrected chi connectivity index (χ2v) is 7.45. The zero-order chi connectivity index (χ0) is 21.1. The van der Waals surface area contributed by atoms with E-state index in [1.807, 2.05) is 86.8 Å². The highest BCUT2D eigenvalue weighted by Crippen LogP contribution is 2.27. The monoisotopic (exact) mass is 396 g/mol. The Labute approximate surface area is 176 Å². The molecule has 4 nitrogen and oxygen atoms in total. The van der Waals surface area contributed by atoms with Crippen LogP contribution in [0.5, 0.6) is 5.75 Å². The van der Waals surface area contributed by atoms with Crippen molar-refractivity contribution in [2.45, 2.75) is 19.8 Å². The number of hydrogen-bond donors (Lipinski definition) is 1. The molecular weight excluding hydrogens is 372 g/mol. The van der Waals surface area contributed by atoms with E-state index in [1.54, 1.807) is 7.11 Å². The van der Waals surface area contributed by atoms with Crippen LogP contribution in [0.25, 0.3) is 21.9 Å². The molecule has 0 bridgehead atoms. The molecular formula is C26H24N2O2. The molecule has 30 heavy (non-hydrogen) atoms. The topological polar surface area (TPSA) is 51.2 Å². The van der Waals surface area contributed by atoms with E-state index in [0.29, 0.717) is 0 Å². The van der Waals surface area contributed by atoms with Gasteiger partial charge in [0, 0.05) is 17.6 Å². The molecule has 0 unspecified atom stereocenters. The third kappa shape index (κ3) is 4.18. The maximum atomic E-state index is 12.8. The largest absolute Gasteiger partial charge is 0.497 e. The predicted octanol–water partition coefficient (Wildman–Crippen LogP) is 5.96. The van der Waals surface area contributed by atoms with Gasteiger partial charge in [-0.1, -0.05) is 36.4 Å². The molecule has 4 aromatic rings. The van der Waals surface area contributed by atoms with Gasteiger partial charge in [0.05, 0.1) is 13.0 Å². The summed E-state index contributed by atoms with van der Waals surface area (Å²) in [7, 11) is 1.66. The van der Waals surface area contributed by atoms with Crippen molar-refractivity contribution in [2.24, 2.45) is 0 Å². The van der Waals surface area contributed by atoms with Crippen LogP contribution >= 0.6 is 0 Å². The van der Waals surface area contributed by atoms with Crippen molar-refractivity contribution >= 4 is 22.4 Å². The smallest absolute Gasteiger partial charge is 0.231 e. The minimum Gasteiger partial charge on any atom is -0.497 e. The number of aryl methyl sites for hydroxylation is 1. The average molecular weight is 396 g/mol. The number of rotatable bonds is 5. The quantitative estimate of drug-likeness (QED) is 0.453. The van der Waals surface area contributed by atoms with Gasteiger partial charge in [0.1, 0.15) is 5.75 Å². The molecule has 0 spiro atoms. The molecule has 1 aromatic heterocycles. The van der Waals surface area contributed by atoms with Gasteiger partial charge < -0.3 is 10.1 Å². The highest BCUT2D eigenvalue weighted by atomic mass is 16.5. The predicted molar refractivity (Wildman–Crippen MR) is 122 cm³/mol. The summed E-state index contributed by atoms with van der Waals surface area (Å²) in [5, 5.41) is 5.20. The standard InChI is InChI=1S/C26H24N2O2/c1-17-14-23(12-13-27-17)19-6-9-24(10-7-19)28-26(29)18(2)20-4-5-22-16-25(30-3)11-8-21(22)15-20/h4-16,18H,1-3H3,(H,28,29)/t18-/m1/s1. The molecule has 3 aromatic carbocycles. The molecule has 1 heterocycles. The maximum Gasteiger partial charge on any atom is 0.231 e. The molecule has 0 fully saturated rings. The van der Waals surface area contributed by atoms with Gasteiger partial charge in [-0.3, -0.25) is 9.78 Å². The third-order valence-corrected chi connectivity index (χ3v) is 5.35. The first kappa shape index (κ1) is 19.6. The molecule has 0 aliphatic heterocycles. The normalized spacial score (nSPS) is 11.8. The lowest BCUT2D eigenvalue weighted by molar-refractivity contribution is -0.117. The molecule has 4 rings (SSSR count). The summed E-state index contributed by atoms with van der Waals surface area (Å²) in [6, 6.07) is 24.0. The first-order chi connectivity index (χ1) is 14.5. The minimum absolute atomic E-state index is 0.0321. The van der Waals surface area contributed by atoms with Crippen LogP contribution in [-0.4, -0.2) is 18.0 Å². The van der Waals surface area contributed by atoms with Crippen LogP contribution in [-0.2, 0) is 4.79 Å². The summed E-state index contributed by atoms with van der Waals surface area (Å²) in [5.41, 5.74) is 4.95. The van der Waals surface area contributed by atoms with Gasteiger partial charge in [0.15, 0.2) is 0 Å². The van der Waals surface area contributed by atoms with Crippen molar-refractivity contribution < 1.29 is 9.53 Å². The van der Waals surface area contributed by atoms with Crippen molar-refractivity contribution in [1.82, 2.24) is 4.98 Å². The number of carbonyl (C=O) groups excluding carboxylic acids is 1. The fourth-order valence-electron chi connectivity index (χ4n) is 3.51. The van der Waals surface area contributed by atoms with Gasteiger partial charge in [0.2, 0.25) is 5.91 Å². The summed E-state index contributed by atoms with van der Waals surface area (Å²) in [6.07, 6.45) is 1.81. The molecule has 1 N–H and O–H groups in total. The van der Waals surface area contributed by atoms with Crippen molar-refractivity contribution in [2.75, 3.05) is 12.4 Å². The number of pyridine rings is 1. The van der Waals surface area contributed by atoms with Crippen LogP contribution in [0.3, 0.4) is 0 Å². The Morgan fingerprint density at radius 3 is 2.37 bits per heavy atom. The van der Waals surface area contributed by atoms with Gasteiger partial charge in [-0.05, 0) is 77.7 Å². The van der Waals surface area contributed by atoms with Gasteiger partial charge in [-0.2, -0.15) is 0 Å². The Bertz CT molecular complexity index is 1200. The molecule has 1 atom stereocenters. The number of nitrogens with zero attached hydrogens (tertiary/aromatic N) is 1. The van der Waals surface area contributed by atoms with Crippen LogP contribution in [0.15, 0.2) is 79.0 Å². The van der Waals surface area contributed by atoms with Crippen LogP contribution in [0.2, 0.25) is 0 Å². The number of ether oxygens (including phenoxy) is 1. The zero-order valence-corrected chi connectivity index (χ0v) is 17.3. The molecule has 0 saturated heterocycles. The summed E-state index contributed by atoms with van der Waals surface area (Å²) >= 11 is 0. The number of hydrogen-bond acceptors (Lipinski definition) is 3. The van der Waals surface area contributed by atoms with E-state index in [1.165, 1.54) is 0 Å². The number of anilines is 1. The molecule has 1 amide bonds. The number of nitrogens with one attached hydrogen (secondary N) is 1. The molecule has 4 heteroatoms. The Balaban J connectivity index is 1.48. The minimum atomic E-state index is -0.265. The summed E-state index contributed by atoms with van der Waals surface area (Å²) in [5.74, 6) is 0.529. The van der Waals surface area contributed by atoms with E-state index < -0.39 is 0 Å². The van der Waals surface area contributed by atoms with Crippen LogP contribution < -0.4 is 10.1 Å². The molecule has 0 aliphatic rings. The van der Waals surface area contributed by atoms with E-state index in [-0.39, 0.29) is 11.8 Å². The number of aromatic nitrogens is 1. The van der Waals surface area contributed by atoms with Crippen molar-refractivity contribution in [3.8, 4) is 16.9 Å². The molecule has 0 radical (unpaired) electrons. The van der Waals surface area contributed by atoms with E-state index >= 15 is 0 Å². The number of benzene rings is 3. The lowest BCUT2D eigenvalue weighted by Crippen LogP contribution is -2.18. The van der Waals surface area contributed by atoms with Crippen molar-refractivity contribution in [3.63, 3.8) is 0 Å². The van der Waals surface area contributed by atoms with Crippen molar-refractivity contribution in [3.05, 3.63) is 90.3 Å². The second kappa shape index (κ2) is 8.37.